The van der Waals surface area contributed by atoms with Gasteiger partial charge in [-0.25, -0.2) is 4.99 Å². The van der Waals surface area contributed by atoms with Crippen molar-refractivity contribution in [3.05, 3.63) is 158 Å². The van der Waals surface area contributed by atoms with E-state index in [1.54, 1.807) is 17.4 Å². The molecule has 3 heterocycles. The number of rotatable bonds is 5. The number of anilines is 3. The van der Waals surface area contributed by atoms with Gasteiger partial charge in [-0.3, -0.25) is 9.59 Å². The topological polar surface area (TPSA) is 101 Å². The van der Waals surface area contributed by atoms with E-state index in [1.807, 2.05) is 36.4 Å². The number of hydrogen-bond acceptors (Lipinski definition) is 11. The number of thiophene rings is 1. The van der Waals surface area contributed by atoms with Crippen LogP contribution < -0.4 is 21.1 Å². The summed E-state index contributed by atoms with van der Waals surface area (Å²) in [5, 5.41) is 7.80. The van der Waals surface area contributed by atoms with Gasteiger partial charge in [-0.15, -0.1) is 11.3 Å². The Balaban J connectivity index is 1.15. The third-order valence-corrected chi connectivity index (χ3v) is 12.8. The van der Waals surface area contributed by atoms with Crippen molar-refractivity contribution < 1.29 is 0 Å². The van der Waals surface area contributed by atoms with Crippen LogP contribution in [0, 0.1) is 13.8 Å². The van der Waals surface area contributed by atoms with E-state index in [-0.39, 0.29) is 5.36 Å². The number of nitrogens with zero attached hydrogens (tertiary/aromatic N) is 6. The van der Waals surface area contributed by atoms with E-state index in [2.05, 4.69) is 102 Å². The lowest BCUT2D eigenvalue weighted by Gasteiger charge is -2.24. The predicted molar refractivity (Wildman–Crippen MR) is 232 cm³/mol. The molecule has 0 atom stereocenters. The zero-order chi connectivity index (χ0) is 37.7. The second kappa shape index (κ2) is 12.5. The molecular formula is C45H26N6O2S3. The number of benzene rings is 7. The van der Waals surface area contributed by atoms with Crippen molar-refractivity contribution in [3.63, 3.8) is 0 Å². The average Bonchev–Trinajstić information content (AvgIpc) is 4.03. The van der Waals surface area contributed by atoms with E-state index in [9.17, 15) is 9.59 Å². The summed E-state index contributed by atoms with van der Waals surface area (Å²) in [5.41, 5.74) is 7.44. The number of fused-ring (bicyclic) bond motifs is 8. The summed E-state index contributed by atoms with van der Waals surface area (Å²) in [6.07, 6.45) is 0. The quantitative estimate of drug-likeness (QED) is 0.160. The summed E-state index contributed by atoms with van der Waals surface area (Å²) >= 11 is 3.97. The van der Waals surface area contributed by atoms with E-state index < -0.39 is 10.9 Å². The smallest absolute Gasteiger partial charge is 0.252 e. The lowest BCUT2D eigenvalue weighted by Crippen LogP contribution is -2.30. The third kappa shape index (κ3) is 4.98. The van der Waals surface area contributed by atoms with Crippen LogP contribution in [0.3, 0.4) is 0 Å². The van der Waals surface area contributed by atoms with Crippen molar-refractivity contribution in [1.82, 2.24) is 17.5 Å². The molecule has 0 radical (unpaired) electrons. The molecule has 8 nitrogen and oxygen atoms in total. The van der Waals surface area contributed by atoms with Crippen molar-refractivity contribution in [2.75, 3.05) is 4.90 Å². The second-order valence-electron chi connectivity index (χ2n) is 14.0. The number of hydrogen-bond donors (Lipinski definition) is 0. The van der Waals surface area contributed by atoms with Crippen molar-refractivity contribution in [3.8, 4) is 10.4 Å². The van der Waals surface area contributed by atoms with E-state index in [0.29, 0.717) is 33.0 Å². The molecule has 0 saturated heterocycles. The molecule has 0 aliphatic heterocycles. The highest BCUT2D eigenvalue weighted by atomic mass is 32.1. The van der Waals surface area contributed by atoms with Crippen LogP contribution in [0.1, 0.15) is 11.1 Å². The summed E-state index contributed by atoms with van der Waals surface area (Å²) in [7, 11) is 0. The maximum absolute atomic E-state index is 13.5. The zero-order valence-corrected chi connectivity index (χ0v) is 32.2. The third-order valence-electron chi connectivity index (χ3n) is 10.5. The largest absolute Gasteiger partial charge is 0.301 e. The first-order valence-corrected chi connectivity index (χ1v) is 20.2. The molecule has 0 unspecified atom stereocenters. The fraction of sp³-hybridized carbons (Fsp3) is 0.0444. The van der Waals surface area contributed by atoms with Crippen molar-refractivity contribution in [2.45, 2.75) is 13.8 Å². The molecule has 0 amide bonds. The Hall–Kier alpha value is -6.53. The van der Waals surface area contributed by atoms with Gasteiger partial charge in [0.15, 0.2) is 0 Å². The lowest BCUT2D eigenvalue weighted by molar-refractivity contribution is 1.30. The normalized spacial score (nSPS) is 12.4. The van der Waals surface area contributed by atoms with Gasteiger partial charge >= 0.3 is 0 Å². The maximum Gasteiger partial charge on any atom is 0.252 e. The van der Waals surface area contributed by atoms with Gasteiger partial charge in [0.05, 0.1) is 29.1 Å². The van der Waals surface area contributed by atoms with Crippen LogP contribution in [0.4, 0.5) is 22.1 Å². The first-order valence-electron chi connectivity index (χ1n) is 17.9. The Labute approximate surface area is 330 Å². The summed E-state index contributed by atoms with van der Waals surface area (Å²) in [5.74, 6) is 0. The van der Waals surface area contributed by atoms with Crippen molar-refractivity contribution in [1.29, 1.82) is 0 Å². The fourth-order valence-corrected chi connectivity index (χ4v) is 10.2. The maximum atomic E-state index is 13.5. The van der Waals surface area contributed by atoms with Crippen LogP contribution in [0.5, 0.6) is 0 Å². The molecule has 11 rings (SSSR count). The molecule has 0 saturated carbocycles. The van der Waals surface area contributed by atoms with Crippen LogP contribution >= 0.6 is 34.8 Å². The molecule has 0 aliphatic carbocycles. The minimum absolute atomic E-state index is 0.109. The highest BCUT2D eigenvalue weighted by Gasteiger charge is 2.25. The molecule has 8 aromatic carbocycles. The minimum Gasteiger partial charge on any atom is -0.301 e. The number of aryl methyl sites for hydroxylation is 2. The summed E-state index contributed by atoms with van der Waals surface area (Å²) < 4.78 is 19.2. The van der Waals surface area contributed by atoms with Crippen LogP contribution in [0.2, 0.25) is 0 Å². The SMILES string of the molecule is Cc1ccc(N(c2ccc(C)cc2)c2sc(-c3cc4c(cc(/N=c5\c(=O)c(=O)c6cc7ccccc7cc56)c5nsnc54)c4nsnc34)c3ccccc23)cc1. The molecule has 56 heavy (non-hydrogen) atoms. The predicted octanol–water partition coefficient (Wildman–Crippen LogP) is 11.0. The fourth-order valence-electron chi connectivity index (χ4n) is 7.72. The van der Waals surface area contributed by atoms with Gasteiger partial charge in [-0.05, 0) is 73.2 Å². The van der Waals surface area contributed by atoms with Crippen LogP contribution in [0.15, 0.2) is 136 Å². The average molecular weight is 779 g/mol. The Bertz CT molecular complexity index is 3510. The molecule has 11 heteroatoms. The Morgan fingerprint density at radius 3 is 1.75 bits per heavy atom. The van der Waals surface area contributed by atoms with Gasteiger partial charge in [0.25, 0.3) is 5.43 Å². The van der Waals surface area contributed by atoms with E-state index >= 15 is 0 Å². The molecule has 0 aliphatic rings. The van der Waals surface area contributed by atoms with Crippen molar-refractivity contribution >= 4 is 122 Å². The molecule has 0 spiro atoms. The molecule has 0 N–H and O–H groups in total. The van der Waals surface area contributed by atoms with Gasteiger partial charge in [-0.2, -0.15) is 17.5 Å². The van der Waals surface area contributed by atoms with Gasteiger partial charge in [-0.1, -0.05) is 83.9 Å². The monoisotopic (exact) mass is 778 g/mol. The first kappa shape index (κ1) is 32.9. The zero-order valence-electron chi connectivity index (χ0n) is 29.8. The standard InChI is InChI=1S/C45H26N6O2S3/c1-23-11-15-27(16-12-23)51(28-17-13-24(2)14-18-28)45-30-10-6-5-9-29(30)44(54-45)35-21-32-33(37-39(35)49-55-47-37)22-36(41-38(32)48-56-50-41)46-40-31-19-25-7-3-4-8-26(25)20-34(31)42(52)43(40)53/h3-22H,1-2H3/b46-40-. The second-order valence-corrected chi connectivity index (χ2v) is 16.0. The van der Waals surface area contributed by atoms with Gasteiger partial charge < -0.3 is 4.90 Å². The Kier molecular flexibility index (Phi) is 7.34. The van der Waals surface area contributed by atoms with E-state index in [0.717, 1.165) is 88.1 Å². The van der Waals surface area contributed by atoms with Crippen LogP contribution in [-0.2, 0) is 0 Å². The molecule has 11 aromatic rings. The highest BCUT2D eigenvalue weighted by Crippen LogP contribution is 2.51. The Morgan fingerprint density at radius 1 is 0.518 bits per heavy atom. The first-order chi connectivity index (χ1) is 27.4. The number of aromatic nitrogens is 4. The summed E-state index contributed by atoms with van der Waals surface area (Å²) in [6.45, 7) is 4.21. The van der Waals surface area contributed by atoms with Crippen LogP contribution in [-0.4, -0.2) is 17.5 Å². The van der Waals surface area contributed by atoms with Gasteiger partial charge in [0, 0.05) is 54.1 Å². The molecule has 0 fully saturated rings. The molecule has 266 valence electrons. The Morgan fingerprint density at radius 2 is 1.07 bits per heavy atom. The van der Waals surface area contributed by atoms with Crippen molar-refractivity contribution in [2.24, 2.45) is 4.99 Å². The van der Waals surface area contributed by atoms with E-state index in [4.69, 9.17) is 18.1 Å². The summed E-state index contributed by atoms with van der Waals surface area (Å²) in [6, 6.07) is 41.2. The summed E-state index contributed by atoms with van der Waals surface area (Å²) in [4.78, 5) is 35.0. The van der Waals surface area contributed by atoms with Crippen LogP contribution in [0.25, 0.3) is 75.6 Å². The minimum atomic E-state index is -0.631. The molecule has 0 bridgehead atoms. The molecule has 3 aromatic heterocycles. The lowest BCUT2D eigenvalue weighted by atomic mass is 9.99. The molecular weight excluding hydrogens is 753 g/mol. The van der Waals surface area contributed by atoms with E-state index in [1.165, 1.54) is 11.1 Å². The van der Waals surface area contributed by atoms with Gasteiger partial charge in [0.2, 0.25) is 5.43 Å². The van der Waals surface area contributed by atoms with Gasteiger partial charge in [0.1, 0.15) is 32.4 Å². The highest BCUT2D eigenvalue weighted by molar-refractivity contribution is 7.22.